The molecule has 3 fully saturated rings. The minimum Gasteiger partial charge on any atom is -0.384 e. The van der Waals surface area contributed by atoms with Crippen LogP contribution in [0, 0.1) is 17.8 Å². The van der Waals surface area contributed by atoms with E-state index in [1.807, 2.05) is 23.1 Å². The molecule has 5 nitrogen and oxygen atoms in total. The van der Waals surface area contributed by atoms with Crippen LogP contribution in [-0.4, -0.2) is 58.1 Å². The molecule has 5 heterocycles. The largest absolute Gasteiger partial charge is 0.384 e. The summed E-state index contributed by atoms with van der Waals surface area (Å²) in [5.74, 6) is 6.25. The van der Waals surface area contributed by atoms with Crippen molar-refractivity contribution in [1.29, 1.82) is 0 Å². The van der Waals surface area contributed by atoms with Crippen LogP contribution in [0.3, 0.4) is 0 Å². The summed E-state index contributed by atoms with van der Waals surface area (Å²) in [6.07, 6.45) is 4.00. The van der Waals surface area contributed by atoms with E-state index in [0.29, 0.717) is 17.7 Å². The van der Waals surface area contributed by atoms with Gasteiger partial charge in [0.15, 0.2) is 0 Å². The Kier molecular flexibility index (Phi) is 5.53. The molecular weight excluding hydrogens is 358 g/mol. The van der Waals surface area contributed by atoms with E-state index in [2.05, 4.69) is 27.8 Å². The van der Waals surface area contributed by atoms with Crippen LogP contribution < -0.4 is 0 Å². The number of aliphatic hydroxyl groups excluding tert-OH is 1. The van der Waals surface area contributed by atoms with Gasteiger partial charge < -0.3 is 10.0 Å². The molecule has 2 aromatic rings. The number of thiophene rings is 1. The monoisotopic (exact) mass is 381 g/mol. The van der Waals surface area contributed by atoms with Crippen LogP contribution in [0.2, 0.25) is 0 Å². The SMILES string of the molecule is O=C(c1ccccn1)N1C[C@@H]2CC[C@H](C1)N(Cc1ccc(C#CCO)s1)C2. The lowest BCUT2D eigenvalue weighted by Gasteiger charge is -2.35. The molecule has 140 valence electrons. The van der Waals surface area contributed by atoms with E-state index in [1.165, 1.54) is 11.3 Å². The highest BCUT2D eigenvalue weighted by molar-refractivity contribution is 7.12. The smallest absolute Gasteiger partial charge is 0.272 e. The maximum absolute atomic E-state index is 12.9. The highest BCUT2D eigenvalue weighted by Gasteiger charge is 2.36. The van der Waals surface area contributed by atoms with Gasteiger partial charge in [0.05, 0.1) is 4.88 Å². The second-order valence-corrected chi connectivity index (χ2v) is 8.35. The third kappa shape index (κ3) is 4.22. The van der Waals surface area contributed by atoms with E-state index in [0.717, 1.165) is 37.5 Å². The zero-order valence-electron chi connectivity index (χ0n) is 15.2. The first-order valence-electron chi connectivity index (χ1n) is 9.35. The highest BCUT2D eigenvalue weighted by atomic mass is 32.1. The Morgan fingerprint density at radius 2 is 2.15 bits per heavy atom. The van der Waals surface area contributed by atoms with E-state index in [9.17, 15) is 4.79 Å². The van der Waals surface area contributed by atoms with E-state index in [-0.39, 0.29) is 12.5 Å². The third-order valence-corrected chi connectivity index (χ3v) is 6.29. The summed E-state index contributed by atoms with van der Waals surface area (Å²) in [5.41, 5.74) is 0.538. The van der Waals surface area contributed by atoms with Gasteiger partial charge >= 0.3 is 0 Å². The van der Waals surface area contributed by atoms with Gasteiger partial charge in [-0.25, -0.2) is 0 Å². The van der Waals surface area contributed by atoms with Crippen molar-refractivity contribution in [1.82, 2.24) is 14.8 Å². The Balaban J connectivity index is 1.45. The predicted molar refractivity (Wildman–Crippen MR) is 105 cm³/mol. The number of aliphatic hydroxyl groups is 1. The van der Waals surface area contributed by atoms with Gasteiger partial charge in [-0.1, -0.05) is 17.9 Å². The zero-order valence-corrected chi connectivity index (χ0v) is 16.0. The number of hydrogen-bond donors (Lipinski definition) is 1. The summed E-state index contributed by atoms with van der Waals surface area (Å²) in [7, 11) is 0. The molecule has 0 aliphatic carbocycles. The van der Waals surface area contributed by atoms with Gasteiger partial charge in [0, 0.05) is 43.3 Å². The minimum absolute atomic E-state index is 0.0482. The van der Waals surface area contributed by atoms with Gasteiger partial charge in [0.25, 0.3) is 5.91 Å². The highest BCUT2D eigenvalue weighted by Crippen LogP contribution is 2.31. The molecule has 5 rings (SSSR count). The number of carbonyl (C=O) groups is 1. The maximum Gasteiger partial charge on any atom is 0.272 e. The first-order valence-corrected chi connectivity index (χ1v) is 10.2. The third-order valence-electron chi connectivity index (χ3n) is 5.31. The molecule has 1 N–H and O–H groups in total. The number of pyridine rings is 1. The molecule has 6 heteroatoms. The topological polar surface area (TPSA) is 56.7 Å². The minimum atomic E-state index is -0.108. The number of hydrogen-bond acceptors (Lipinski definition) is 5. The lowest BCUT2D eigenvalue weighted by Crippen LogP contribution is -2.43. The molecule has 0 aromatic carbocycles. The molecule has 2 bridgehead atoms. The summed E-state index contributed by atoms with van der Waals surface area (Å²) in [4.78, 5) is 23.9. The van der Waals surface area contributed by atoms with Crippen molar-refractivity contribution in [2.45, 2.75) is 25.4 Å². The molecule has 0 spiro atoms. The Hall–Kier alpha value is -2.20. The molecule has 3 aliphatic rings. The molecule has 0 saturated carbocycles. The Morgan fingerprint density at radius 3 is 2.96 bits per heavy atom. The lowest BCUT2D eigenvalue weighted by molar-refractivity contribution is 0.0730. The molecule has 27 heavy (non-hydrogen) atoms. The fourth-order valence-electron chi connectivity index (χ4n) is 4.05. The number of fused-ring (bicyclic) bond motifs is 4. The summed E-state index contributed by atoms with van der Waals surface area (Å²) in [6, 6.07) is 10.0. The summed E-state index contributed by atoms with van der Waals surface area (Å²) in [5, 5.41) is 8.84. The van der Waals surface area contributed by atoms with Crippen LogP contribution in [0.5, 0.6) is 0 Å². The van der Waals surface area contributed by atoms with Crippen molar-refractivity contribution >= 4 is 17.2 Å². The van der Waals surface area contributed by atoms with Crippen LogP contribution in [0.25, 0.3) is 0 Å². The molecular formula is C21H23N3O2S. The van der Waals surface area contributed by atoms with Gasteiger partial charge in [-0.05, 0) is 43.0 Å². The summed E-state index contributed by atoms with van der Waals surface area (Å²) >= 11 is 1.69. The van der Waals surface area contributed by atoms with E-state index in [1.54, 1.807) is 23.6 Å². The summed E-state index contributed by atoms with van der Waals surface area (Å²) < 4.78 is 0. The van der Waals surface area contributed by atoms with Crippen LogP contribution >= 0.6 is 11.3 Å². The number of piperidine rings is 1. The fourth-order valence-corrected chi connectivity index (χ4v) is 4.95. The number of carbonyl (C=O) groups excluding carboxylic acids is 1. The maximum atomic E-state index is 12.9. The molecule has 2 aromatic heterocycles. The van der Waals surface area contributed by atoms with Crippen LogP contribution in [0.4, 0.5) is 0 Å². The number of aromatic nitrogens is 1. The van der Waals surface area contributed by atoms with Crippen LogP contribution in [0.15, 0.2) is 36.5 Å². The standard InChI is InChI=1S/C21H23N3O2S/c25-11-3-4-18-8-9-19(27-18)15-23-12-16-6-7-17(23)14-24(13-16)21(26)20-5-1-2-10-22-20/h1-2,5,8-10,16-17,25H,6-7,11-15H2/t16-,17-/m1/s1. The van der Waals surface area contributed by atoms with Crippen molar-refractivity contribution in [3.8, 4) is 11.8 Å². The Morgan fingerprint density at radius 1 is 1.22 bits per heavy atom. The lowest BCUT2D eigenvalue weighted by atomic mass is 9.95. The van der Waals surface area contributed by atoms with E-state index in [4.69, 9.17) is 5.11 Å². The second kappa shape index (κ2) is 8.22. The Bertz CT molecular complexity index is 855. The van der Waals surface area contributed by atoms with Crippen molar-refractivity contribution in [3.05, 3.63) is 52.0 Å². The van der Waals surface area contributed by atoms with Crippen molar-refractivity contribution in [3.63, 3.8) is 0 Å². The molecule has 2 atom stereocenters. The summed E-state index contributed by atoms with van der Waals surface area (Å²) in [6.45, 7) is 3.42. The molecule has 3 saturated heterocycles. The van der Waals surface area contributed by atoms with Gasteiger partial charge in [-0.15, -0.1) is 11.3 Å². The second-order valence-electron chi connectivity index (χ2n) is 7.18. The van der Waals surface area contributed by atoms with Crippen molar-refractivity contribution in [2.75, 3.05) is 26.2 Å². The molecule has 3 aliphatic heterocycles. The molecule has 1 amide bonds. The van der Waals surface area contributed by atoms with E-state index >= 15 is 0 Å². The Labute approximate surface area is 163 Å². The van der Waals surface area contributed by atoms with Crippen LogP contribution in [0.1, 0.15) is 33.1 Å². The molecule has 0 radical (unpaired) electrons. The zero-order chi connectivity index (χ0) is 18.6. The van der Waals surface area contributed by atoms with Crippen molar-refractivity contribution < 1.29 is 9.90 Å². The van der Waals surface area contributed by atoms with Gasteiger partial charge in [0.1, 0.15) is 12.3 Å². The fraction of sp³-hybridized carbons (Fsp3) is 0.429. The quantitative estimate of drug-likeness (QED) is 0.829. The van der Waals surface area contributed by atoms with Gasteiger partial charge in [-0.3, -0.25) is 14.7 Å². The molecule has 0 unspecified atom stereocenters. The average Bonchev–Trinajstić information content (AvgIpc) is 2.94. The first-order chi connectivity index (χ1) is 13.2. The average molecular weight is 382 g/mol. The van der Waals surface area contributed by atoms with Crippen LogP contribution in [-0.2, 0) is 6.54 Å². The normalized spacial score (nSPS) is 22.2. The van der Waals surface area contributed by atoms with Gasteiger partial charge in [-0.2, -0.15) is 0 Å². The number of amides is 1. The number of rotatable bonds is 3. The van der Waals surface area contributed by atoms with E-state index < -0.39 is 0 Å². The van der Waals surface area contributed by atoms with Gasteiger partial charge in [0.2, 0.25) is 0 Å². The van der Waals surface area contributed by atoms with Crippen molar-refractivity contribution in [2.24, 2.45) is 5.92 Å². The number of nitrogens with zero attached hydrogens (tertiary/aromatic N) is 3. The first kappa shape index (κ1) is 18.2. The predicted octanol–water partition coefficient (Wildman–Crippen LogP) is 2.22.